The minimum Gasteiger partial charge on any atom is -0.395 e. The second-order valence-electron chi connectivity index (χ2n) is 3.37. The minimum absolute atomic E-state index is 0.137. The van der Waals surface area contributed by atoms with Gasteiger partial charge in [-0.15, -0.1) is 11.3 Å². The SMILES string of the molecule is CC(C)N(CCO)S(=O)(=O)c1cccs1. The number of sulfonamides is 1. The van der Waals surface area contributed by atoms with Gasteiger partial charge in [0.05, 0.1) is 6.61 Å². The summed E-state index contributed by atoms with van der Waals surface area (Å²) in [5.41, 5.74) is 0. The first-order valence-corrected chi connectivity index (χ1v) is 6.98. The van der Waals surface area contributed by atoms with Crippen molar-refractivity contribution in [2.45, 2.75) is 24.1 Å². The van der Waals surface area contributed by atoms with Crippen LogP contribution in [0, 0.1) is 0 Å². The van der Waals surface area contributed by atoms with Gasteiger partial charge in [0.25, 0.3) is 10.0 Å². The van der Waals surface area contributed by atoms with E-state index in [2.05, 4.69) is 0 Å². The number of aliphatic hydroxyl groups is 1. The topological polar surface area (TPSA) is 57.6 Å². The highest BCUT2D eigenvalue weighted by molar-refractivity contribution is 7.91. The predicted molar refractivity (Wildman–Crippen MR) is 60.4 cm³/mol. The van der Waals surface area contributed by atoms with E-state index in [-0.39, 0.29) is 19.2 Å². The van der Waals surface area contributed by atoms with Gasteiger partial charge in [-0.2, -0.15) is 4.31 Å². The van der Waals surface area contributed by atoms with Crippen LogP contribution < -0.4 is 0 Å². The van der Waals surface area contributed by atoms with Crippen LogP contribution in [0.4, 0.5) is 0 Å². The maximum Gasteiger partial charge on any atom is 0.252 e. The molecular formula is C9H15NO3S2. The van der Waals surface area contributed by atoms with E-state index in [1.807, 2.05) is 0 Å². The largest absolute Gasteiger partial charge is 0.395 e. The lowest BCUT2D eigenvalue weighted by Crippen LogP contribution is -2.38. The van der Waals surface area contributed by atoms with Crippen LogP contribution in [-0.2, 0) is 10.0 Å². The summed E-state index contributed by atoms with van der Waals surface area (Å²) in [6.07, 6.45) is 0. The molecule has 0 bridgehead atoms. The number of thiophene rings is 1. The molecule has 0 saturated carbocycles. The fraction of sp³-hybridized carbons (Fsp3) is 0.556. The summed E-state index contributed by atoms with van der Waals surface area (Å²) in [7, 11) is -3.43. The molecule has 1 heterocycles. The van der Waals surface area contributed by atoms with Crippen molar-refractivity contribution in [3.05, 3.63) is 17.5 Å². The van der Waals surface area contributed by atoms with Gasteiger partial charge in [-0.25, -0.2) is 8.42 Å². The zero-order chi connectivity index (χ0) is 11.5. The third kappa shape index (κ3) is 2.78. The van der Waals surface area contributed by atoms with E-state index in [0.29, 0.717) is 4.21 Å². The first-order valence-electron chi connectivity index (χ1n) is 4.66. The average molecular weight is 249 g/mol. The van der Waals surface area contributed by atoms with Gasteiger partial charge in [0.2, 0.25) is 0 Å². The van der Waals surface area contributed by atoms with Crippen LogP contribution in [0.3, 0.4) is 0 Å². The first kappa shape index (κ1) is 12.6. The quantitative estimate of drug-likeness (QED) is 0.851. The third-order valence-corrected chi connectivity index (χ3v) is 5.40. The molecule has 0 aliphatic carbocycles. The number of nitrogens with zero attached hydrogens (tertiary/aromatic N) is 1. The lowest BCUT2D eigenvalue weighted by Gasteiger charge is -2.24. The van der Waals surface area contributed by atoms with Crippen molar-refractivity contribution in [1.82, 2.24) is 4.31 Å². The highest BCUT2D eigenvalue weighted by atomic mass is 32.2. The van der Waals surface area contributed by atoms with Crippen LogP contribution in [-0.4, -0.2) is 37.0 Å². The Balaban J connectivity index is 3.02. The summed E-state index contributed by atoms with van der Waals surface area (Å²) >= 11 is 1.19. The van der Waals surface area contributed by atoms with Gasteiger partial charge >= 0.3 is 0 Å². The molecule has 1 N–H and O–H groups in total. The Kier molecular flexibility index (Phi) is 4.27. The van der Waals surface area contributed by atoms with Crippen LogP contribution in [0.25, 0.3) is 0 Å². The van der Waals surface area contributed by atoms with Crippen molar-refractivity contribution in [1.29, 1.82) is 0 Å². The lowest BCUT2D eigenvalue weighted by atomic mass is 10.4. The molecule has 0 atom stereocenters. The second kappa shape index (κ2) is 5.07. The molecule has 1 rings (SSSR count). The number of rotatable bonds is 5. The van der Waals surface area contributed by atoms with Crippen LogP contribution in [0.5, 0.6) is 0 Å². The summed E-state index contributed by atoms with van der Waals surface area (Å²) < 4.78 is 25.7. The Hall–Kier alpha value is -0.430. The van der Waals surface area contributed by atoms with E-state index in [9.17, 15) is 8.42 Å². The van der Waals surface area contributed by atoms with Gasteiger partial charge in [-0.1, -0.05) is 6.07 Å². The van der Waals surface area contributed by atoms with E-state index >= 15 is 0 Å². The molecule has 4 nitrogen and oxygen atoms in total. The molecule has 86 valence electrons. The highest BCUT2D eigenvalue weighted by Gasteiger charge is 2.26. The summed E-state index contributed by atoms with van der Waals surface area (Å²) in [5.74, 6) is 0. The van der Waals surface area contributed by atoms with Gasteiger partial charge in [0, 0.05) is 12.6 Å². The normalized spacial score (nSPS) is 12.6. The molecule has 0 amide bonds. The highest BCUT2D eigenvalue weighted by Crippen LogP contribution is 2.22. The van der Waals surface area contributed by atoms with Crippen molar-refractivity contribution in [2.75, 3.05) is 13.2 Å². The van der Waals surface area contributed by atoms with E-state index in [0.717, 1.165) is 0 Å². The maximum atomic E-state index is 12.1. The molecule has 0 aromatic carbocycles. The molecule has 0 aliphatic heterocycles. The second-order valence-corrected chi connectivity index (χ2v) is 6.43. The van der Waals surface area contributed by atoms with E-state index in [1.54, 1.807) is 31.4 Å². The van der Waals surface area contributed by atoms with Crippen molar-refractivity contribution in [3.8, 4) is 0 Å². The maximum absolute atomic E-state index is 12.1. The summed E-state index contributed by atoms with van der Waals surface area (Å²) in [4.78, 5) is 0. The number of aliphatic hydroxyl groups excluding tert-OH is 1. The summed E-state index contributed by atoms with van der Waals surface area (Å²) in [5, 5.41) is 10.6. The molecule has 0 aliphatic rings. The fourth-order valence-corrected chi connectivity index (χ4v) is 4.03. The van der Waals surface area contributed by atoms with Gasteiger partial charge in [0.1, 0.15) is 4.21 Å². The molecular weight excluding hydrogens is 234 g/mol. The standard InChI is InChI=1S/C9H15NO3S2/c1-8(2)10(5-6-11)15(12,13)9-4-3-7-14-9/h3-4,7-8,11H,5-6H2,1-2H3. The van der Waals surface area contributed by atoms with Crippen LogP contribution >= 0.6 is 11.3 Å². The predicted octanol–water partition coefficient (Wildman–Crippen LogP) is 1.14. The monoisotopic (exact) mass is 249 g/mol. The molecule has 0 fully saturated rings. The van der Waals surface area contributed by atoms with Gasteiger partial charge < -0.3 is 5.11 Å². The van der Waals surface area contributed by atoms with Crippen molar-refractivity contribution in [3.63, 3.8) is 0 Å². The molecule has 1 aromatic rings. The summed E-state index contributed by atoms with van der Waals surface area (Å²) in [6, 6.07) is 3.13. The zero-order valence-electron chi connectivity index (χ0n) is 8.75. The Morgan fingerprint density at radius 1 is 1.53 bits per heavy atom. The van der Waals surface area contributed by atoms with E-state index in [1.165, 1.54) is 15.6 Å². The molecule has 0 radical (unpaired) electrons. The number of hydrogen-bond acceptors (Lipinski definition) is 4. The summed E-state index contributed by atoms with van der Waals surface area (Å²) in [6.45, 7) is 3.56. The molecule has 0 saturated heterocycles. The van der Waals surface area contributed by atoms with Crippen LogP contribution in [0.15, 0.2) is 21.7 Å². The van der Waals surface area contributed by atoms with Gasteiger partial charge in [-0.05, 0) is 25.3 Å². The molecule has 1 aromatic heterocycles. The van der Waals surface area contributed by atoms with Crippen molar-refractivity contribution in [2.24, 2.45) is 0 Å². The van der Waals surface area contributed by atoms with Crippen molar-refractivity contribution >= 4 is 21.4 Å². The molecule has 0 unspecified atom stereocenters. The van der Waals surface area contributed by atoms with Crippen LogP contribution in [0.1, 0.15) is 13.8 Å². The average Bonchev–Trinajstić information content (AvgIpc) is 2.66. The van der Waals surface area contributed by atoms with Gasteiger partial charge in [-0.3, -0.25) is 0 Å². The first-order chi connectivity index (χ1) is 7.00. The molecule has 15 heavy (non-hydrogen) atoms. The lowest BCUT2D eigenvalue weighted by molar-refractivity contribution is 0.237. The zero-order valence-corrected chi connectivity index (χ0v) is 10.4. The minimum atomic E-state index is -3.43. The van der Waals surface area contributed by atoms with Crippen LogP contribution in [0.2, 0.25) is 0 Å². The fourth-order valence-electron chi connectivity index (χ4n) is 1.28. The third-order valence-electron chi connectivity index (χ3n) is 1.95. The van der Waals surface area contributed by atoms with Gasteiger partial charge in [0.15, 0.2) is 0 Å². The Labute approximate surface area is 94.2 Å². The Morgan fingerprint density at radius 2 is 2.20 bits per heavy atom. The molecule has 6 heteroatoms. The Bertz CT molecular complexity index is 383. The molecule has 0 spiro atoms. The van der Waals surface area contributed by atoms with Crippen molar-refractivity contribution < 1.29 is 13.5 Å². The van der Waals surface area contributed by atoms with E-state index < -0.39 is 10.0 Å². The number of hydrogen-bond donors (Lipinski definition) is 1. The Morgan fingerprint density at radius 3 is 2.60 bits per heavy atom. The van der Waals surface area contributed by atoms with E-state index in [4.69, 9.17) is 5.11 Å². The smallest absolute Gasteiger partial charge is 0.252 e.